The summed E-state index contributed by atoms with van der Waals surface area (Å²) in [6.07, 6.45) is 0. The topological polar surface area (TPSA) is 9.23 Å². The fourth-order valence-electron chi connectivity index (χ4n) is 1.18. The Morgan fingerprint density at radius 2 is 2.08 bits per heavy atom. The monoisotopic (exact) mass is 416 g/mol. The number of benzene rings is 1. The van der Waals surface area contributed by atoms with Crippen LogP contribution in [0, 0.1) is 6.45 Å². The summed E-state index contributed by atoms with van der Waals surface area (Å²) in [6.45, 7) is 0. The van der Waals surface area contributed by atoms with E-state index in [1.807, 2.05) is 17.4 Å². The largest absolute Gasteiger partial charge is 0.496 e. The molecule has 2 aromatic rings. The van der Waals surface area contributed by atoms with Crippen LogP contribution in [0.3, 0.4) is 0 Å². The van der Waals surface area contributed by atoms with Gasteiger partial charge in [0.1, 0.15) is 5.75 Å². The number of rotatable bonds is 1. The van der Waals surface area contributed by atoms with Crippen LogP contribution in [-0.2, 0) is 0 Å². The predicted octanol–water partition coefficient (Wildman–Crippen LogP) is 4.12. The van der Waals surface area contributed by atoms with Gasteiger partial charge in [-0.15, -0.1) is 11.3 Å². The maximum absolute atomic E-state index is 5.26. The zero-order chi connectivity index (χ0) is 9.42. The molecular formula is C9H6I2OS. The van der Waals surface area contributed by atoms with Crippen LogP contribution in [-0.4, -0.2) is 7.11 Å². The number of thiophene rings is 1. The SMILES string of the molecule is COc1ccc2sc(I)cc2c1I. The highest BCUT2D eigenvalue weighted by atomic mass is 127. The van der Waals surface area contributed by atoms with Crippen LogP contribution >= 0.6 is 56.5 Å². The summed E-state index contributed by atoms with van der Waals surface area (Å²) >= 11 is 6.49. The Kier molecular flexibility index (Phi) is 2.99. The van der Waals surface area contributed by atoms with Crippen molar-refractivity contribution in [3.05, 3.63) is 24.7 Å². The van der Waals surface area contributed by atoms with Crippen molar-refractivity contribution < 1.29 is 4.74 Å². The Morgan fingerprint density at radius 1 is 1.31 bits per heavy atom. The van der Waals surface area contributed by atoms with E-state index in [2.05, 4.69) is 57.3 Å². The first-order valence-corrected chi connectivity index (χ1v) is 6.61. The lowest BCUT2D eigenvalue weighted by molar-refractivity contribution is 0.412. The van der Waals surface area contributed by atoms with Crippen molar-refractivity contribution >= 4 is 66.6 Å². The van der Waals surface area contributed by atoms with E-state index in [4.69, 9.17) is 4.74 Å². The first kappa shape index (κ1) is 9.97. The van der Waals surface area contributed by atoms with Gasteiger partial charge in [0, 0.05) is 10.1 Å². The van der Waals surface area contributed by atoms with Gasteiger partial charge < -0.3 is 4.74 Å². The molecule has 0 atom stereocenters. The molecule has 0 radical (unpaired) electrons. The number of halogens is 2. The van der Waals surface area contributed by atoms with Gasteiger partial charge in [-0.1, -0.05) is 0 Å². The van der Waals surface area contributed by atoms with Crippen LogP contribution in [0.1, 0.15) is 0 Å². The molecule has 13 heavy (non-hydrogen) atoms. The molecule has 0 saturated heterocycles. The number of ether oxygens (including phenoxy) is 1. The summed E-state index contributed by atoms with van der Waals surface area (Å²) in [5.41, 5.74) is 0. The second-order valence-electron chi connectivity index (χ2n) is 2.54. The standard InChI is InChI=1S/C9H6I2OS/c1-12-6-2-3-7-5(9(6)11)4-8(10)13-7/h2-4H,1H3. The van der Waals surface area contributed by atoms with Crippen LogP contribution in [0.5, 0.6) is 5.75 Å². The quantitative estimate of drug-likeness (QED) is 0.636. The number of methoxy groups -OCH3 is 1. The smallest absolute Gasteiger partial charge is 0.132 e. The van der Waals surface area contributed by atoms with Crippen molar-refractivity contribution in [2.24, 2.45) is 0 Å². The molecule has 68 valence electrons. The Morgan fingerprint density at radius 3 is 2.77 bits per heavy atom. The third kappa shape index (κ3) is 1.80. The maximum atomic E-state index is 5.26. The highest BCUT2D eigenvalue weighted by Crippen LogP contribution is 2.34. The van der Waals surface area contributed by atoms with Crippen LogP contribution in [0.15, 0.2) is 18.2 Å². The highest BCUT2D eigenvalue weighted by molar-refractivity contribution is 14.1. The van der Waals surface area contributed by atoms with E-state index in [0.717, 1.165) is 5.75 Å². The van der Waals surface area contributed by atoms with Gasteiger partial charge in [0.2, 0.25) is 0 Å². The summed E-state index contributed by atoms with van der Waals surface area (Å²) in [7, 11) is 1.71. The van der Waals surface area contributed by atoms with Crippen LogP contribution < -0.4 is 4.74 Å². The molecule has 0 unspecified atom stereocenters. The van der Waals surface area contributed by atoms with Crippen molar-refractivity contribution in [1.29, 1.82) is 0 Å². The molecular weight excluding hydrogens is 410 g/mol. The van der Waals surface area contributed by atoms with Gasteiger partial charge in [0.05, 0.1) is 13.6 Å². The van der Waals surface area contributed by atoms with Crippen LogP contribution in [0.25, 0.3) is 10.1 Å². The molecule has 0 bridgehead atoms. The predicted molar refractivity (Wildman–Crippen MR) is 73.8 cm³/mol. The third-order valence-corrected chi connectivity index (χ3v) is 4.76. The molecule has 0 aliphatic carbocycles. The maximum Gasteiger partial charge on any atom is 0.132 e. The van der Waals surface area contributed by atoms with Gasteiger partial charge in [-0.3, -0.25) is 0 Å². The van der Waals surface area contributed by atoms with Gasteiger partial charge >= 0.3 is 0 Å². The first-order chi connectivity index (χ1) is 6.22. The second-order valence-corrected chi connectivity index (χ2v) is 6.60. The second kappa shape index (κ2) is 3.90. The third-order valence-electron chi connectivity index (χ3n) is 1.79. The molecule has 0 amide bonds. The number of hydrogen-bond donors (Lipinski definition) is 0. The van der Waals surface area contributed by atoms with E-state index in [9.17, 15) is 0 Å². The van der Waals surface area contributed by atoms with Gasteiger partial charge in [-0.05, 0) is 63.4 Å². The lowest BCUT2D eigenvalue weighted by Gasteiger charge is -2.02. The minimum absolute atomic E-state index is 0.960. The lowest BCUT2D eigenvalue weighted by Crippen LogP contribution is -1.85. The summed E-state index contributed by atoms with van der Waals surface area (Å²) in [5.74, 6) is 0.960. The van der Waals surface area contributed by atoms with Gasteiger partial charge in [-0.2, -0.15) is 0 Å². The molecule has 1 nitrogen and oxygen atoms in total. The van der Waals surface area contributed by atoms with Gasteiger partial charge in [0.25, 0.3) is 0 Å². The molecule has 2 rings (SSSR count). The van der Waals surface area contributed by atoms with Gasteiger partial charge in [0.15, 0.2) is 0 Å². The van der Waals surface area contributed by atoms with E-state index >= 15 is 0 Å². The number of fused-ring (bicyclic) bond motifs is 1. The molecule has 1 heterocycles. The summed E-state index contributed by atoms with van der Waals surface area (Å²) in [4.78, 5) is 0. The molecule has 4 heteroatoms. The van der Waals surface area contributed by atoms with E-state index in [-0.39, 0.29) is 0 Å². The Bertz CT molecular complexity index is 450. The van der Waals surface area contributed by atoms with Crippen LogP contribution in [0.2, 0.25) is 0 Å². The summed E-state index contributed by atoms with van der Waals surface area (Å²) in [5, 5.41) is 1.30. The van der Waals surface area contributed by atoms with Crippen molar-refractivity contribution in [3.63, 3.8) is 0 Å². The van der Waals surface area contributed by atoms with E-state index < -0.39 is 0 Å². The summed E-state index contributed by atoms with van der Waals surface area (Å²) in [6, 6.07) is 6.34. The molecule has 1 aromatic heterocycles. The molecule has 0 spiro atoms. The van der Waals surface area contributed by atoms with Crippen molar-refractivity contribution in [2.45, 2.75) is 0 Å². The Hall–Kier alpha value is 0.440. The van der Waals surface area contributed by atoms with Gasteiger partial charge in [-0.25, -0.2) is 0 Å². The van der Waals surface area contributed by atoms with E-state index in [1.54, 1.807) is 7.11 Å². The van der Waals surface area contributed by atoms with Crippen molar-refractivity contribution in [1.82, 2.24) is 0 Å². The fraction of sp³-hybridized carbons (Fsp3) is 0.111. The minimum Gasteiger partial charge on any atom is -0.496 e. The Balaban J connectivity index is 2.78. The Labute approximate surface area is 108 Å². The molecule has 1 aromatic carbocycles. The minimum atomic E-state index is 0.960. The lowest BCUT2D eigenvalue weighted by atomic mass is 10.2. The van der Waals surface area contributed by atoms with Crippen molar-refractivity contribution in [2.75, 3.05) is 7.11 Å². The van der Waals surface area contributed by atoms with Crippen molar-refractivity contribution in [3.8, 4) is 5.75 Å². The molecule has 0 saturated carbocycles. The normalized spacial score (nSPS) is 10.7. The molecule has 0 aliphatic rings. The zero-order valence-corrected chi connectivity index (χ0v) is 11.9. The molecule has 0 fully saturated rings. The van der Waals surface area contributed by atoms with Crippen LogP contribution in [0.4, 0.5) is 0 Å². The highest BCUT2D eigenvalue weighted by Gasteiger charge is 2.07. The molecule has 0 aliphatic heterocycles. The first-order valence-electron chi connectivity index (χ1n) is 3.64. The van der Waals surface area contributed by atoms with E-state index in [0.29, 0.717) is 0 Å². The average Bonchev–Trinajstić information content (AvgIpc) is 2.47. The zero-order valence-electron chi connectivity index (χ0n) is 6.80. The molecule has 0 N–H and O–H groups in total. The average molecular weight is 416 g/mol. The number of hydrogen-bond acceptors (Lipinski definition) is 2. The summed E-state index contributed by atoms with van der Waals surface area (Å²) < 4.78 is 9.11. The fourth-order valence-corrected chi connectivity index (χ4v) is 4.03. The van der Waals surface area contributed by atoms with E-state index in [1.165, 1.54) is 16.5 Å².